The maximum absolute atomic E-state index is 6.91. The molecule has 0 spiro atoms. The minimum atomic E-state index is -0.913. The van der Waals surface area contributed by atoms with Gasteiger partial charge in [-0.2, -0.15) is 0 Å². The first kappa shape index (κ1) is 40.2. The Morgan fingerprint density at radius 2 is 0.877 bits per heavy atom. The molecule has 10 atom stereocenters. The van der Waals surface area contributed by atoms with Crippen molar-refractivity contribution in [2.45, 2.75) is 127 Å². The standard InChI is InChI=1S/C46H54O11/c1-45(2)54-38-36(53-44-42(40(38)55-45)56-46(3,4)57-44)30-51-43-41(50-28-34-23-15-8-16-24-34)39(49-27-33-21-13-7-14-22-33)37(48-26-32-19-11-6-12-20-32)35(52-43)29-47-25-31-17-9-5-10-18-31/h5-24,35-44H,25-30H2,1-4H3/t35-,36-,37-,38+,39+,40+,41+,42-,43?,44-/m1/s1. The Morgan fingerprint density at radius 1 is 0.421 bits per heavy atom. The highest BCUT2D eigenvalue weighted by Gasteiger charge is 2.61. The zero-order valence-corrected chi connectivity index (χ0v) is 33.1. The molecule has 304 valence electrons. The molecule has 0 aliphatic carbocycles. The summed E-state index contributed by atoms with van der Waals surface area (Å²) in [6.07, 6.45) is -6.08. The van der Waals surface area contributed by atoms with Gasteiger partial charge in [-0.1, -0.05) is 121 Å². The SMILES string of the molecule is CC1(C)O[C@H]2[C@@H](O1)[C@@H](COC1O[C@H](COCc3ccccc3)[C@@H](OCc3ccccc3)[C@H](OCc3ccccc3)[C@@H]1OCc1ccccc1)O[C@@H]1OC(C)(C)O[C@@H]12. The number of ether oxygens (including phenoxy) is 11. The van der Waals surface area contributed by atoms with E-state index >= 15 is 0 Å². The Hall–Kier alpha value is -3.56. The van der Waals surface area contributed by atoms with Crippen molar-refractivity contribution < 1.29 is 52.1 Å². The van der Waals surface area contributed by atoms with E-state index in [2.05, 4.69) is 0 Å². The minimum absolute atomic E-state index is 0.0853. The van der Waals surface area contributed by atoms with Gasteiger partial charge in [-0.05, 0) is 49.9 Å². The van der Waals surface area contributed by atoms with E-state index in [0.29, 0.717) is 26.4 Å². The summed E-state index contributed by atoms with van der Waals surface area (Å²) in [5.74, 6) is -1.70. The van der Waals surface area contributed by atoms with Crippen LogP contribution in [0.4, 0.5) is 0 Å². The lowest BCUT2D eigenvalue weighted by Crippen LogP contribution is -2.62. The summed E-state index contributed by atoms with van der Waals surface area (Å²) < 4.78 is 72.3. The molecule has 8 rings (SSSR count). The van der Waals surface area contributed by atoms with Crippen LogP contribution in [0.5, 0.6) is 0 Å². The van der Waals surface area contributed by atoms with E-state index in [4.69, 9.17) is 52.1 Å². The monoisotopic (exact) mass is 782 g/mol. The Balaban J connectivity index is 1.09. The second kappa shape index (κ2) is 18.1. The average molecular weight is 783 g/mol. The number of hydrogen-bond donors (Lipinski definition) is 0. The van der Waals surface area contributed by atoms with Crippen molar-refractivity contribution >= 4 is 0 Å². The predicted octanol–water partition coefficient (Wildman–Crippen LogP) is 7.10. The summed E-state index contributed by atoms with van der Waals surface area (Å²) in [6, 6.07) is 40.2. The van der Waals surface area contributed by atoms with Crippen molar-refractivity contribution in [3.63, 3.8) is 0 Å². The zero-order chi connectivity index (χ0) is 39.2. The molecule has 0 radical (unpaired) electrons. The zero-order valence-electron chi connectivity index (χ0n) is 33.1. The second-order valence-electron chi connectivity index (χ2n) is 15.9. The third kappa shape index (κ3) is 10.2. The second-order valence-corrected chi connectivity index (χ2v) is 15.9. The predicted molar refractivity (Wildman–Crippen MR) is 208 cm³/mol. The molecule has 0 aromatic heterocycles. The molecule has 4 heterocycles. The van der Waals surface area contributed by atoms with Crippen LogP contribution in [0.25, 0.3) is 0 Å². The molecule has 11 heteroatoms. The van der Waals surface area contributed by atoms with Gasteiger partial charge in [-0.15, -0.1) is 0 Å². The molecule has 0 amide bonds. The first-order valence-electron chi connectivity index (χ1n) is 19.9. The fraction of sp³-hybridized carbons (Fsp3) is 0.478. The highest BCUT2D eigenvalue weighted by molar-refractivity contribution is 5.16. The Morgan fingerprint density at radius 3 is 1.44 bits per heavy atom. The number of fused-ring (bicyclic) bond motifs is 3. The number of rotatable bonds is 16. The summed E-state index contributed by atoms with van der Waals surface area (Å²) in [4.78, 5) is 0. The van der Waals surface area contributed by atoms with Crippen LogP contribution in [0.1, 0.15) is 49.9 Å². The Kier molecular flexibility index (Phi) is 12.8. The molecule has 4 aromatic carbocycles. The molecule has 1 unspecified atom stereocenters. The van der Waals surface area contributed by atoms with Gasteiger partial charge >= 0.3 is 0 Å². The van der Waals surface area contributed by atoms with Gasteiger partial charge in [0.1, 0.15) is 48.8 Å². The van der Waals surface area contributed by atoms with Crippen molar-refractivity contribution in [1.29, 1.82) is 0 Å². The Labute approximate surface area is 335 Å². The molecule has 4 aromatic rings. The fourth-order valence-corrected chi connectivity index (χ4v) is 7.90. The van der Waals surface area contributed by atoms with Gasteiger partial charge in [0.05, 0.1) is 39.6 Å². The van der Waals surface area contributed by atoms with E-state index in [9.17, 15) is 0 Å². The molecule has 0 saturated carbocycles. The summed E-state index contributed by atoms with van der Waals surface area (Å²) in [5.41, 5.74) is 4.08. The lowest BCUT2D eigenvalue weighted by atomic mass is 9.97. The van der Waals surface area contributed by atoms with Crippen LogP contribution in [-0.2, 0) is 78.5 Å². The highest BCUT2D eigenvalue weighted by Crippen LogP contribution is 2.44. The molecule has 0 N–H and O–H groups in total. The summed E-state index contributed by atoms with van der Waals surface area (Å²) in [7, 11) is 0. The van der Waals surface area contributed by atoms with Gasteiger partial charge in [0.2, 0.25) is 0 Å². The third-order valence-corrected chi connectivity index (χ3v) is 10.5. The fourth-order valence-electron chi connectivity index (χ4n) is 7.90. The molecule has 0 bridgehead atoms. The van der Waals surface area contributed by atoms with Crippen LogP contribution in [0, 0.1) is 0 Å². The largest absolute Gasteiger partial charge is 0.374 e. The summed E-state index contributed by atoms with van der Waals surface area (Å²) >= 11 is 0. The van der Waals surface area contributed by atoms with Gasteiger partial charge in [0.25, 0.3) is 0 Å². The van der Waals surface area contributed by atoms with Crippen LogP contribution >= 0.6 is 0 Å². The molecule has 57 heavy (non-hydrogen) atoms. The molecule has 4 fully saturated rings. The number of hydrogen-bond acceptors (Lipinski definition) is 11. The van der Waals surface area contributed by atoms with Crippen LogP contribution in [0.2, 0.25) is 0 Å². The van der Waals surface area contributed by atoms with E-state index in [-0.39, 0.29) is 13.2 Å². The smallest absolute Gasteiger partial charge is 0.190 e. The molecule has 4 aliphatic heterocycles. The minimum Gasteiger partial charge on any atom is -0.374 e. The van der Waals surface area contributed by atoms with Gasteiger partial charge in [0, 0.05) is 0 Å². The highest BCUT2D eigenvalue weighted by atomic mass is 16.9. The summed E-state index contributed by atoms with van der Waals surface area (Å²) in [5, 5.41) is 0. The summed E-state index contributed by atoms with van der Waals surface area (Å²) in [6.45, 7) is 9.15. The van der Waals surface area contributed by atoms with Crippen LogP contribution in [-0.4, -0.2) is 86.2 Å². The van der Waals surface area contributed by atoms with Crippen molar-refractivity contribution in [3.05, 3.63) is 144 Å². The lowest BCUT2D eigenvalue weighted by molar-refractivity contribution is -0.337. The first-order valence-corrected chi connectivity index (χ1v) is 19.9. The van der Waals surface area contributed by atoms with E-state index in [0.717, 1.165) is 22.3 Å². The third-order valence-electron chi connectivity index (χ3n) is 10.5. The van der Waals surface area contributed by atoms with Gasteiger partial charge in [0.15, 0.2) is 24.2 Å². The van der Waals surface area contributed by atoms with Crippen LogP contribution < -0.4 is 0 Å². The molecular weight excluding hydrogens is 728 g/mol. The normalized spacial score (nSPS) is 31.4. The topological polar surface area (TPSA) is 102 Å². The van der Waals surface area contributed by atoms with Crippen molar-refractivity contribution in [2.75, 3.05) is 13.2 Å². The van der Waals surface area contributed by atoms with Gasteiger partial charge in [-0.3, -0.25) is 0 Å². The van der Waals surface area contributed by atoms with Gasteiger partial charge in [-0.25, -0.2) is 0 Å². The molecule has 4 aliphatic rings. The van der Waals surface area contributed by atoms with E-state index < -0.39 is 73.0 Å². The van der Waals surface area contributed by atoms with Crippen LogP contribution in [0.3, 0.4) is 0 Å². The molecule has 4 saturated heterocycles. The quantitative estimate of drug-likeness (QED) is 0.116. The molecule has 11 nitrogen and oxygen atoms in total. The van der Waals surface area contributed by atoms with E-state index in [1.165, 1.54) is 0 Å². The number of benzene rings is 4. The lowest BCUT2D eigenvalue weighted by Gasteiger charge is -2.46. The van der Waals surface area contributed by atoms with Crippen molar-refractivity contribution in [1.82, 2.24) is 0 Å². The van der Waals surface area contributed by atoms with Crippen molar-refractivity contribution in [2.24, 2.45) is 0 Å². The average Bonchev–Trinajstić information content (AvgIpc) is 3.73. The van der Waals surface area contributed by atoms with Gasteiger partial charge < -0.3 is 52.1 Å². The van der Waals surface area contributed by atoms with Crippen molar-refractivity contribution in [3.8, 4) is 0 Å². The van der Waals surface area contributed by atoms with E-state index in [1.807, 2.05) is 149 Å². The Bertz CT molecular complexity index is 1810. The maximum Gasteiger partial charge on any atom is 0.190 e. The van der Waals surface area contributed by atoms with Crippen LogP contribution in [0.15, 0.2) is 121 Å². The van der Waals surface area contributed by atoms with E-state index in [1.54, 1.807) is 0 Å². The molecular formula is C46H54O11. The maximum atomic E-state index is 6.91. The first-order chi connectivity index (χ1) is 27.7.